The van der Waals surface area contributed by atoms with Crippen molar-refractivity contribution < 1.29 is 38.5 Å². The first kappa shape index (κ1) is 19.4. The summed E-state index contributed by atoms with van der Waals surface area (Å²) < 4.78 is 4.25. The Kier molecular flexibility index (Phi) is 13.5. The Balaban J connectivity index is 0. The molecule has 2 heterocycles. The zero-order chi connectivity index (χ0) is 11.6. The van der Waals surface area contributed by atoms with Gasteiger partial charge in [-0.1, -0.05) is 12.1 Å². The molecule has 2 nitrogen and oxygen atoms in total. The van der Waals surface area contributed by atoms with E-state index in [1.807, 2.05) is 36.4 Å². The van der Waals surface area contributed by atoms with Crippen LogP contribution in [0, 0.1) is 0 Å². The van der Waals surface area contributed by atoms with Gasteiger partial charge in [-0.15, -0.1) is 0 Å². The van der Waals surface area contributed by atoms with E-state index in [-0.39, 0.29) is 29.4 Å². The summed E-state index contributed by atoms with van der Waals surface area (Å²) in [6.07, 6.45) is 8.22. The van der Waals surface area contributed by atoms with Crippen molar-refractivity contribution in [2.24, 2.45) is 0 Å². The molecule has 0 aliphatic carbocycles. The third-order valence-corrected chi connectivity index (χ3v) is 2.28. The van der Waals surface area contributed by atoms with Gasteiger partial charge in [-0.3, -0.25) is 0 Å². The second-order valence-electron chi connectivity index (χ2n) is 3.41. The predicted octanol–water partition coefficient (Wildman–Crippen LogP) is -4.00. The van der Waals surface area contributed by atoms with Gasteiger partial charge in [-0.25, -0.2) is 9.13 Å². The highest BCUT2D eigenvalue weighted by Crippen LogP contribution is 1.75. The summed E-state index contributed by atoms with van der Waals surface area (Å²) in [5, 5.41) is 0. The van der Waals surface area contributed by atoms with Crippen LogP contribution < -0.4 is 38.5 Å². The van der Waals surface area contributed by atoms with Crippen LogP contribution in [0.3, 0.4) is 0 Å². The Labute approximate surface area is 126 Å². The highest BCUT2D eigenvalue weighted by atomic mass is 79.9. The third kappa shape index (κ3) is 8.20. The Hall–Kier alpha value is -0.930. The van der Waals surface area contributed by atoms with Crippen LogP contribution in [-0.2, 0) is 13.1 Å². The van der Waals surface area contributed by atoms with Gasteiger partial charge in [0.1, 0.15) is 13.1 Å². The lowest BCUT2D eigenvalue weighted by atomic mass is 10.5. The normalized spacial score (nSPS) is 8.11. The first-order valence-corrected chi connectivity index (χ1v) is 5.75. The topological polar surface area (TPSA) is 7.76 Å². The first-order valence-electron chi connectivity index (χ1n) is 5.75. The molecular weight excluding hydrogens is 312 g/mol. The molecule has 0 bridgehead atoms. The minimum absolute atomic E-state index is 0. The molecule has 0 radical (unpaired) electrons. The van der Waals surface area contributed by atoms with Gasteiger partial charge >= 0.3 is 0 Å². The van der Waals surface area contributed by atoms with E-state index in [0.717, 1.165) is 13.1 Å². The van der Waals surface area contributed by atoms with Crippen LogP contribution in [0.15, 0.2) is 61.2 Å². The van der Waals surface area contributed by atoms with E-state index >= 15 is 0 Å². The number of aryl methyl sites for hydroxylation is 2. The highest BCUT2D eigenvalue weighted by molar-refractivity contribution is 4.83. The second-order valence-corrected chi connectivity index (χ2v) is 3.41. The van der Waals surface area contributed by atoms with E-state index in [0.29, 0.717) is 0 Å². The van der Waals surface area contributed by atoms with Gasteiger partial charge in [0.05, 0.1) is 0 Å². The summed E-state index contributed by atoms with van der Waals surface area (Å²) in [5.41, 5.74) is 0. The number of pyridine rings is 2. The van der Waals surface area contributed by atoms with Crippen LogP contribution in [0.2, 0.25) is 0 Å². The molecule has 100 valence electrons. The largest absolute Gasteiger partial charge is 1.00 e. The fourth-order valence-corrected chi connectivity index (χ4v) is 1.29. The summed E-state index contributed by atoms with van der Waals surface area (Å²) in [5.74, 6) is 0. The molecule has 2 aromatic heterocycles. The minimum Gasteiger partial charge on any atom is -1.00 e. The molecule has 4 heteroatoms. The van der Waals surface area contributed by atoms with Crippen molar-refractivity contribution in [1.82, 2.24) is 0 Å². The van der Waals surface area contributed by atoms with Crippen molar-refractivity contribution >= 4 is 0 Å². The van der Waals surface area contributed by atoms with Crippen LogP contribution >= 0.6 is 0 Å². The summed E-state index contributed by atoms with van der Waals surface area (Å²) in [6.45, 7) is 6.36. The molecule has 0 spiro atoms. The van der Waals surface area contributed by atoms with Gasteiger partial charge in [0.2, 0.25) is 0 Å². The smallest absolute Gasteiger partial charge is 0.168 e. The Morgan fingerprint density at radius 2 is 0.889 bits per heavy atom. The fourth-order valence-electron chi connectivity index (χ4n) is 1.29. The van der Waals surface area contributed by atoms with Gasteiger partial charge in [0.25, 0.3) is 0 Å². The first-order chi connectivity index (χ1) is 7.86. The molecule has 0 saturated heterocycles. The lowest BCUT2D eigenvalue weighted by Crippen LogP contribution is -3.00. The molecular formula is C14H20BrClN2. The van der Waals surface area contributed by atoms with E-state index in [2.05, 4.69) is 47.8 Å². The summed E-state index contributed by atoms with van der Waals surface area (Å²) >= 11 is 0. The molecule has 0 N–H and O–H groups in total. The lowest BCUT2D eigenvalue weighted by Gasteiger charge is -1.84. The molecule has 0 saturated carbocycles. The van der Waals surface area contributed by atoms with Crippen molar-refractivity contribution in [1.29, 1.82) is 0 Å². The second kappa shape index (κ2) is 12.5. The molecule has 2 aromatic rings. The standard InChI is InChI=1S/2C7H10N.BrH.ClH/c2*1-2-8-6-4-3-5-7-8;;/h2*3-7H,2H2,1H3;2*1H/q2*+1;;/p-2. The summed E-state index contributed by atoms with van der Waals surface area (Å²) in [4.78, 5) is 0. The number of halogens is 2. The van der Waals surface area contributed by atoms with Crippen molar-refractivity contribution in [3.05, 3.63) is 61.2 Å². The van der Waals surface area contributed by atoms with E-state index in [9.17, 15) is 0 Å². The quantitative estimate of drug-likeness (QED) is 0.496. The molecule has 2 rings (SSSR count). The van der Waals surface area contributed by atoms with Gasteiger partial charge < -0.3 is 29.4 Å². The van der Waals surface area contributed by atoms with Crippen molar-refractivity contribution in [3.8, 4) is 0 Å². The maximum Gasteiger partial charge on any atom is 0.168 e. The molecule has 0 aliphatic rings. The number of rotatable bonds is 2. The molecule has 0 aliphatic heterocycles. The Bertz CT molecular complexity index is 342. The maximum absolute atomic E-state index is 2.12. The van der Waals surface area contributed by atoms with Crippen LogP contribution in [0.25, 0.3) is 0 Å². The van der Waals surface area contributed by atoms with E-state index in [1.54, 1.807) is 0 Å². The van der Waals surface area contributed by atoms with Crippen LogP contribution in [0.4, 0.5) is 0 Å². The van der Waals surface area contributed by atoms with E-state index in [1.165, 1.54) is 0 Å². The Morgan fingerprint density at radius 3 is 1.06 bits per heavy atom. The average Bonchev–Trinajstić information content (AvgIpc) is 2.41. The number of nitrogens with zero attached hydrogens (tertiary/aromatic N) is 2. The van der Waals surface area contributed by atoms with Gasteiger partial charge in [0, 0.05) is 24.3 Å². The fraction of sp³-hybridized carbons (Fsp3) is 0.286. The summed E-state index contributed by atoms with van der Waals surface area (Å²) in [6, 6.07) is 12.2. The van der Waals surface area contributed by atoms with E-state index < -0.39 is 0 Å². The third-order valence-electron chi connectivity index (χ3n) is 2.28. The monoisotopic (exact) mass is 330 g/mol. The number of hydrogen-bond acceptors (Lipinski definition) is 0. The van der Waals surface area contributed by atoms with Crippen molar-refractivity contribution in [2.45, 2.75) is 26.9 Å². The average molecular weight is 332 g/mol. The van der Waals surface area contributed by atoms with Gasteiger partial charge in [0.15, 0.2) is 24.8 Å². The molecule has 0 atom stereocenters. The van der Waals surface area contributed by atoms with Crippen LogP contribution in [-0.4, -0.2) is 0 Å². The van der Waals surface area contributed by atoms with Crippen molar-refractivity contribution in [2.75, 3.05) is 0 Å². The maximum atomic E-state index is 2.12. The zero-order valence-corrected chi connectivity index (χ0v) is 13.2. The molecule has 18 heavy (non-hydrogen) atoms. The Morgan fingerprint density at radius 1 is 0.611 bits per heavy atom. The molecule has 0 aromatic carbocycles. The lowest BCUT2D eigenvalue weighted by molar-refractivity contribution is -0.693. The van der Waals surface area contributed by atoms with Crippen LogP contribution in [0.5, 0.6) is 0 Å². The zero-order valence-electron chi connectivity index (χ0n) is 10.8. The van der Waals surface area contributed by atoms with Gasteiger partial charge in [-0.05, 0) is 13.8 Å². The molecule has 0 unspecified atom stereocenters. The SMILES string of the molecule is CC[n+]1ccccc1.CC[n+]1ccccc1.[Br-].[Cl-]. The molecule has 0 amide bonds. The van der Waals surface area contributed by atoms with Crippen LogP contribution in [0.1, 0.15) is 13.8 Å². The van der Waals surface area contributed by atoms with Gasteiger partial charge in [-0.2, -0.15) is 0 Å². The highest BCUT2D eigenvalue weighted by Gasteiger charge is 1.87. The minimum atomic E-state index is 0. The predicted molar refractivity (Wildman–Crippen MR) is 64.6 cm³/mol. The summed E-state index contributed by atoms with van der Waals surface area (Å²) in [7, 11) is 0. The number of aromatic nitrogens is 2. The number of hydrogen-bond donors (Lipinski definition) is 0. The molecule has 0 fully saturated rings. The van der Waals surface area contributed by atoms with E-state index in [4.69, 9.17) is 0 Å². The van der Waals surface area contributed by atoms with Crippen molar-refractivity contribution in [3.63, 3.8) is 0 Å².